The van der Waals surface area contributed by atoms with Crippen LogP contribution in [0.25, 0.3) is 43.4 Å². The van der Waals surface area contributed by atoms with E-state index in [-0.39, 0.29) is 104 Å². The number of amides is 8. The highest BCUT2D eigenvalue weighted by molar-refractivity contribution is 7.22. The van der Waals surface area contributed by atoms with E-state index in [4.69, 9.17) is 30.4 Å². The van der Waals surface area contributed by atoms with Gasteiger partial charge < -0.3 is 56.9 Å². The van der Waals surface area contributed by atoms with Gasteiger partial charge in [-0.15, -0.1) is 0 Å². The molecule has 4 heterocycles. The number of fused-ring (bicyclic) bond motifs is 2. The van der Waals surface area contributed by atoms with E-state index in [1.165, 1.54) is 22.4 Å². The number of carbonyl (C=O) groups is 9. The van der Waals surface area contributed by atoms with Crippen LogP contribution in [0.4, 0.5) is 20.4 Å². The third kappa shape index (κ3) is 18.1. The number of primary amides is 1. The van der Waals surface area contributed by atoms with Crippen molar-refractivity contribution in [2.75, 3.05) is 43.9 Å². The molecule has 2 unspecified atom stereocenters. The second-order valence-electron chi connectivity index (χ2n) is 28.0. The highest BCUT2D eigenvalue weighted by atomic mass is 32.1. The molecule has 0 spiro atoms. The number of nitrogens with one attached hydrogen (secondary N) is 6. The standard InChI is InChI=1S/C72H87N13O13S/c1-43(2)60(82-58(87)16-8-7-11-27-75-57(86)25-26-59(88)89)64(92)80-55(14-12-28-76-66(73)95)63(91)78-48-21-17-45(18-22-48)35-97-68(96)84(6)29-30-98-72-39-69(4)36-70(5,40-72)38-71(37-69,41-72)42-85-44(3)51(34-77-85)49-23-24-53(79-61(49)65(93)94)46-19-20-47-32-74-33-52(50(47)31-46)62(90)83-67-81-54-13-9-10-15-56(54)99-67/h9-10,13,15,17-24,31-34,43,55,60H,7-8,11-12,14,16,25-30,35-42H2,1-6H3,(H,75,86)(H,78,91)(H,80,92)(H,82,87)(H,88,89)(H,93,94)(H3,73,76,95)(H,81,83,90)/t55-,60-,69?,70?,71?,72?/m0/s1. The number of unbranched alkanes of at least 4 members (excludes halogenated alkanes) is 2. The maximum absolute atomic E-state index is 13.8. The van der Waals surface area contributed by atoms with E-state index >= 15 is 0 Å². The summed E-state index contributed by atoms with van der Waals surface area (Å²) in [5.74, 6) is -4.81. The molecular formula is C72H87N13O13S. The largest absolute Gasteiger partial charge is 0.481 e. The van der Waals surface area contributed by atoms with Crippen molar-refractivity contribution in [2.24, 2.45) is 27.9 Å². The van der Waals surface area contributed by atoms with Crippen LogP contribution in [0.3, 0.4) is 0 Å². The van der Waals surface area contributed by atoms with Crippen molar-refractivity contribution in [1.29, 1.82) is 0 Å². The minimum absolute atomic E-state index is 0.00448. The van der Waals surface area contributed by atoms with Crippen LogP contribution >= 0.6 is 11.3 Å². The predicted molar refractivity (Wildman–Crippen MR) is 372 cm³/mol. The van der Waals surface area contributed by atoms with E-state index in [2.05, 4.69) is 55.7 Å². The number of nitrogens with two attached hydrogens (primary N) is 1. The number of para-hydroxylation sites is 1. The van der Waals surface area contributed by atoms with Gasteiger partial charge in [0.15, 0.2) is 10.8 Å². The van der Waals surface area contributed by atoms with Gasteiger partial charge in [0.05, 0.1) is 46.3 Å². The number of carboxylic acids is 2. The van der Waals surface area contributed by atoms with Crippen LogP contribution < -0.4 is 37.6 Å². The number of carbonyl (C=O) groups excluding carboxylic acids is 7. The molecule has 10 N–H and O–H groups in total. The average Bonchev–Trinajstić information content (AvgIpc) is 1.11. The van der Waals surface area contributed by atoms with E-state index in [9.17, 15) is 48.3 Å². The minimum Gasteiger partial charge on any atom is -0.481 e. The number of urea groups is 1. The van der Waals surface area contributed by atoms with Crippen molar-refractivity contribution in [3.05, 3.63) is 120 Å². The first-order valence-corrected chi connectivity index (χ1v) is 34.4. The first kappa shape index (κ1) is 71.9. The van der Waals surface area contributed by atoms with Crippen LogP contribution in [0.2, 0.25) is 0 Å². The number of anilines is 2. The number of carboxylic acid groups (broad SMARTS) is 2. The van der Waals surface area contributed by atoms with Crippen molar-refractivity contribution in [1.82, 2.24) is 50.9 Å². The molecule has 11 rings (SSSR count). The molecule has 26 nitrogen and oxygen atoms in total. The summed E-state index contributed by atoms with van der Waals surface area (Å²) in [7, 11) is 1.66. The topological polar surface area (TPSA) is 370 Å². The molecule has 4 aromatic heterocycles. The summed E-state index contributed by atoms with van der Waals surface area (Å²) in [6.45, 7) is 11.8. The normalized spacial score (nSPS) is 19.6. The van der Waals surface area contributed by atoms with Gasteiger partial charge in [0, 0.05) is 91.9 Å². The number of ether oxygens (including phenoxy) is 2. The summed E-state index contributed by atoms with van der Waals surface area (Å²) in [5.41, 5.74) is 9.63. The molecule has 4 atom stereocenters. The van der Waals surface area contributed by atoms with E-state index in [1.54, 1.807) is 69.7 Å². The zero-order valence-electron chi connectivity index (χ0n) is 56.7. The average molecular weight is 1370 g/mol. The Labute approximate surface area is 577 Å². The van der Waals surface area contributed by atoms with Crippen LogP contribution in [-0.2, 0) is 46.6 Å². The number of hydrogen-bond acceptors (Lipinski definition) is 16. The Morgan fingerprint density at radius 3 is 2.21 bits per heavy atom. The lowest BCUT2D eigenvalue weighted by molar-refractivity contribution is -0.248. The Morgan fingerprint density at radius 2 is 1.49 bits per heavy atom. The molecule has 4 fully saturated rings. The van der Waals surface area contributed by atoms with Crippen LogP contribution in [0.15, 0.2) is 97.5 Å². The molecular weight excluding hydrogens is 1290 g/mol. The van der Waals surface area contributed by atoms with E-state index in [0.717, 1.165) is 59.8 Å². The summed E-state index contributed by atoms with van der Waals surface area (Å²) in [6, 6.07) is 20.6. The van der Waals surface area contributed by atoms with Gasteiger partial charge in [-0.05, 0) is 147 Å². The zero-order valence-corrected chi connectivity index (χ0v) is 57.5. The minimum atomic E-state index is -1.19. The number of likely N-dealkylation sites (N-methyl/N-ethyl adjacent to an activating group) is 1. The molecule has 99 heavy (non-hydrogen) atoms. The molecule has 7 aromatic rings. The Kier molecular flexibility index (Phi) is 22.4. The molecule has 0 saturated heterocycles. The van der Waals surface area contributed by atoms with Gasteiger partial charge in [0.25, 0.3) is 5.91 Å². The SMILES string of the molecule is Cc1c(-c2ccc(-c3ccc4cncc(C(=O)Nc5nc6ccccc6s5)c4c3)nc2C(=O)O)cnn1CC12CC3(C)CC(C)(C1)CC(OCCN(C)C(=O)OCc1ccc(NC(=O)[C@H](CCCNC(N)=O)NC(=O)[C@@H](NC(=O)CCCCCNC(=O)CCC(=O)O)C(C)C)cc1)(C3)C2. The first-order chi connectivity index (χ1) is 47.2. The molecule has 0 radical (unpaired) electrons. The number of hydrogen-bond donors (Lipinski definition) is 9. The van der Waals surface area contributed by atoms with Gasteiger partial charge in [-0.25, -0.2) is 24.4 Å². The van der Waals surface area contributed by atoms with Crippen LogP contribution in [0.5, 0.6) is 0 Å². The fourth-order valence-electron chi connectivity index (χ4n) is 15.5. The van der Waals surface area contributed by atoms with Crippen molar-refractivity contribution in [3.63, 3.8) is 0 Å². The molecule has 27 heteroatoms. The van der Waals surface area contributed by atoms with Crippen LogP contribution in [0.1, 0.15) is 150 Å². The molecule has 4 aliphatic rings. The lowest BCUT2D eigenvalue weighted by atomic mass is 9.39. The lowest BCUT2D eigenvalue weighted by Crippen LogP contribution is -2.64. The first-order valence-electron chi connectivity index (χ1n) is 33.5. The molecule has 3 aromatic carbocycles. The smallest absolute Gasteiger partial charge is 0.409 e. The number of aromatic nitrogens is 5. The van der Waals surface area contributed by atoms with Crippen molar-refractivity contribution >= 4 is 96.7 Å². The van der Waals surface area contributed by atoms with Gasteiger partial charge in [0.2, 0.25) is 23.6 Å². The quantitative estimate of drug-likeness (QED) is 0.0177. The fourth-order valence-corrected chi connectivity index (χ4v) is 16.4. The predicted octanol–water partition coefficient (Wildman–Crippen LogP) is 9.99. The third-order valence-corrected chi connectivity index (χ3v) is 20.0. The monoisotopic (exact) mass is 1370 g/mol. The summed E-state index contributed by atoms with van der Waals surface area (Å²) >= 11 is 1.37. The summed E-state index contributed by atoms with van der Waals surface area (Å²) in [5, 5.41) is 42.7. The lowest BCUT2D eigenvalue weighted by Gasteiger charge is -2.69. The number of thiazole rings is 1. The van der Waals surface area contributed by atoms with Crippen molar-refractivity contribution in [3.8, 4) is 22.4 Å². The summed E-state index contributed by atoms with van der Waals surface area (Å²) < 4.78 is 15.7. The number of nitrogens with zero attached hydrogens (tertiary/aromatic N) is 6. The maximum atomic E-state index is 13.8. The number of benzene rings is 3. The van der Waals surface area contributed by atoms with Crippen molar-refractivity contribution in [2.45, 2.75) is 155 Å². The summed E-state index contributed by atoms with van der Waals surface area (Å²) in [4.78, 5) is 130. The molecule has 4 bridgehead atoms. The summed E-state index contributed by atoms with van der Waals surface area (Å²) in [6.07, 6.45) is 11.8. The number of aliphatic carboxylic acids is 1. The Hall–Kier alpha value is -9.89. The Balaban J connectivity index is 0.715. The Morgan fingerprint density at radius 1 is 0.747 bits per heavy atom. The van der Waals surface area contributed by atoms with Crippen LogP contribution in [-0.4, -0.2) is 144 Å². The second kappa shape index (κ2) is 30.9. The van der Waals surface area contributed by atoms with Gasteiger partial charge in [-0.2, -0.15) is 5.10 Å². The fraction of sp³-hybridized carbons (Fsp3) is 0.458. The molecule has 524 valence electrons. The van der Waals surface area contributed by atoms with Gasteiger partial charge >= 0.3 is 24.1 Å². The highest BCUT2D eigenvalue weighted by Gasteiger charge is 2.66. The van der Waals surface area contributed by atoms with E-state index in [0.29, 0.717) is 82.1 Å². The van der Waals surface area contributed by atoms with Gasteiger partial charge in [-0.3, -0.25) is 43.7 Å². The molecule has 4 saturated carbocycles. The van der Waals surface area contributed by atoms with E-state index in [1.807, 2.05) is 54.1 Å². The second-order valence-corrected chi connectivity index (χ2v) is 29.0. The van der Waals surface area contributed by atoms with E-state index < -0.39 is 53.6 Å². The van der Waals surface area contributed by atoms with Gasteiger partial charge in [-0.1, -0.05) is 81.9 Å². The van der Waals surface area contributed by atoms with Gasteiger partial charge in [0.1, 0.15) is 18.7 Å². The number of aromatic carboxylic acids is 1. The number of rotatable bonds is 32. The number of pyridine rings is 2. The zero-order chi connectivity index (χ0) is 70.8. The highest BCUT2D eigenvalue weighted by Crippen LogP contribution is 2.72. The third-order valence-electron chi connectivity index (χ3n) is 19.0. The Bertz CT molecular complexity index is 4140. The molecule has 4 aliphatic carbocycles. The molecule has 8 amide bonds. The van der Waals surface area contributed by atoms with Crippen LogP contribution in [0, 0.1) is 29.1 Å². The maximum Gasteiger partial charge on any atom is 0.409 e. The molecule has 0 aliphatic heterocycles. The van der Waals surface area contributed by atoms with Crippen molar-refractivity contribution < 1.29 is 62.8 Å².